The van der Waals surface area contributed by atoms with Crippen LogP contribution in [0.2, 0.25) is 0 Å². The summed E-state index contributed by atoms with van der Waals surface area (Å²) in [5.74, 6) is -0.895. The van der Waals surface area contributed by atoms with Gasteiger partial charge >= 0.3 is 5.97 Å². The average molecular weight is 268 g/mol. The number of rotatable bonds is 10. The van der Waals surface area contributed by atoms with Crippen molar-refractivity contribution in [1.29, 1.82) is 0 Å². The molecule has 0 fully saturated rings. The predicted octanol–water partition coefficient (Wildman–Crippen LogP) is 2.56. The normalized spacial score (nSPS) is 13.0. The van der Waals surface area contributed by atoms with Crippen molar-refractivity contribution in [2.45, 2.75) is 51.6 Å². The van der Waals surface area contributed by atoms with E-state index in [-0.39, 0.29) is 18.6 Å². The molecule has 4 nitrogen and oxygen atoms in total. The van der Waals surface area contributed by atoms with E-state index in [4.69, 9.17) is 0 Å². The van der Waals surface area contributed by atoms with Crippen LogP contribution in [0.5, 0.6) is 0 Å². The smallest absolute Gasteiger partial charge is 0.313 e. The Balaban J connectivity index is 3.80. The van der Waals surface area contributed by atoms with Gasteiger partial charge in [-0.1, -0.05) is 44.1 Å². The van der Waals surface area contributed by atoms with Crippen LogP contribution in [0.3, 0.4) is 0 Å². The van der Waals surface area contributed by atoms with Gasteiger partial charge in [0, 0.05) is 6.42 Å². The third-order valence-corrected chi connectivity index (χ3v) is 2.56. The van der Waals surface area contributed by atoms with Crippen LogP contribution in [0.1, 0.15) is 45.4 Å². The number of methoxy groups -OCH3 is 1. The van der Waals surface area contributed by atoms with E-state index in [1.54, 1.807) is 12.2 Å². The maximum atomic E-state index is 11.3. The summed E-state index contributed by atoms with van der Waals surface area (Å²) in [6.07, 6.45) is 10.6. The topological polar surface area (TPSA) is 63.6 Å². The van der Waals surface area contributed by atoms with E-state index in [9.17, 15) is 14.7 Å². The summed E-state index contributed by atoms with van der Waals surface area (Å²) in [5, 5.41) is 9.55. The van der Waals surface area contributed by atoms with Crippen molar-refractivity contribution < 1.29 is 19.4 Å². The number of Topliss-reactive ketones (excluding diaryl/α,β-unsaturated/α-hetero) is 1. The second-order valence-electron chi connectivity index (χ2n) is 4.37. The number of allylic oxidation sites excluding steroid dienone is 3. The average Bonchev–Trinajstić information content (AvgIpc) is 2.37. The highest BCUT2D eigenvalue weighted by molar-refractivity contribution is 5.95. The van der Waals surface area contributed by atoms with Crippen molar-refractivity contribution in [2.24, 2.45) is 0 Å². The lowest BCUT2D eigenvalue weighted by Crippen LogP contribution is -2.15. The second-order valence-corrected chi connectivity index (χ2v) is 4.37. The Kier molecular flexibility index (Phi) is 10.8. The molecule has 0 aliphatic rings. The molecule has 1 unspecified atom stereocenters. The molecule has 1 N–H and O–H groups in total. The van der Waals surface area contributed by atoms with Gasteiger partial charge in [-0.3, -0.25) is 9.59 Å². The van der Waals surface area contributed by atoms with Crippen molar-refractivity contribution in [2.75, 3.05) is 7.11 Å². The summed E-state index contributed by atoms with van der Waals surface area (Å²) in [5.41, 5.74) is 0. The molecule has 0 aromatic rings. The van der Waals surface area contributed by atoms with E-state index in [1.165, 1.54) is 26.4 Å². The lowest BCUT2D eigenvalue weighted by Gasteiger charge is -2.03. The minimum atomic E-state index is -0.850. The highest BCUT2D eigenvalue weighted by atomic mass is 16.5. The Morgan fingerprint density at radius 2 is 2.00 bits per heavy atom. The fourth-order valence-electron chi connectivity index (χ4n) is 1.49. The Labute approximate surface area is 115 Å². The summed E-state index contributed by atoms with van der Waals surface area (Å²) in [4.78, 5) is 22.2. The molecule has 0 aliphatic carbocycles. The van der Waals surface area contributed by atoms with E-state index < -0.39 is 12.1 Å². The highest BCUT2D eigenvalue weighted by Gasteiger charge is 2.12. The summed E-state index contributed by atoms with van der Waals surface area (Å²) < 4.78 is 4.38. The maximum absolute atomic E-state index is 11.3. The third kappa shape index (κ3) is 11.4. The van der Waals surface area contributed by atoms with Crippen LogP contribution in [-0.2, 0) is 14.3 Å². The van der Waals surface area contributed by atoms with Crippen molar-refractivity contribution >= 4 is 11.8 Å². The summed E-state index contributed by atoms with van der Waals surface area (Å²) in [6.45, 7) is 2.16. The number of esters is 1. The zero-order chi connectivity index (χ0) is 14.5. The fourth-order valence-corrected chi connectivity index (χ4v) is 1.49. The van der Waals surface area contributed by atoms with E-state index in [2.05, 4.69) is 11.7 Å². The van der Waals surface area contributed by atoms with Crippen LogP contribution in [0.25, 0.3) is 0 Å². The first kappa shape index (κ1) is 17.6. The molecule has 0 rings (SSSR count). The Morgan fingerprint density at radius 1 is 1.26 bits per heavy atom. The molecule has 0 amide bonds. The van der Waals surface area contributed by atoms with Crippen molar-refractivity contribution in [1.82, 2.24) is 0 Å². The molecule has 0 aliphatic heterocycles. The van der Waals surface area contributed by atoms with E-state index in [1.807, 2.05) is 12.2 Å². The first-order chi connectivity index (χ1) is 9.10. The van der Waals surface area contributed by atoms with E-state index >= 15 is 0 Å². The third-order valence-electron chi connectivity index (χ3n) is 2.56. The zero-order valence-corrected chi connectivity index (χ0v) is 11.8. The van der Waals surface area contributed by atoms with Gasteiger partial charge < -0.3 is 9.84 Å². The molecule has 0 radical (unpaired) electrons. The standard InChI is InChI=1S/C15H24O4/c1-3-4-5-6-7-8-9-10-13(16)11-14(17)12-15(18)19-2/h7-10,13,16H,3-6,11-12H2,1-2H3/b8-7+,10-9+. The van der Waals surface area contributed by atoms with Gasteiger partial charge in [-0.2, -0.15) is 0 Å². The number of hydrogen-bond donors (Lipinski definition) is 1. The van der Waals surface area contributed by atoms with E-state index in [0.717, 1.165) is 6.42 Å². The minimum absolute atomic E-state index is 0.0602. The summed E-state index contributed by atoms with van der Waals surface area (Å²) in [7, 11) is 1.23. The van der Waals surface area contributed by atoms with Gasteiger partial charge in [0.25, 0.3) is 0 Å². The largest absolute Gasteiger partial charge is 0.469 e. The first-order valence-corrected chi connectivity index (χ1v) is 6.70. The Bertz CT molecular complexity index is 318. The van der Waals surface area contributed by atoms with Crippen LogP contribution in [0.4, 0.5) is 0 Å². The monoisotopic (exact) mass is 268 g/mol. The Hall–Kier alpha value is -1.42. The van der Waals surface area contributed by atoms with Crippen molar-refractivity contribution in [3.63, 3.8) is 0 Å². The van der Waals surface area contributed by atoms with Gasteiger partial charge in [-0.25, -0.2) is 0 Å². The molecular weight excluding hydrogens is 244 g/mol. The van der Waals surface area contributed by atoms with Crippen LogP contribution < -0.4 is 0 Å². The van der Waals surface area contributed by atoms with Gasteiger partial charge in [0.05, 0.1) is 13.2 Å². The molecular formula is C15H24O4. The molecule has 0 aromatic heterocycles. The Morgan fingerprint density at radius 3 is 2.63 bits per heavy atom. The van der Waals surface area contributed by atoms with Gasteiger partial charge in [0.2, 0.25) is 0 Å². The van der Waals surface area contributed by atoms with Crippen LogP contribution >= 0.6 is 0 Å². The molecule has 0 bridgehead atoms. The molecule has 1 atom stereocenters. The van der Waals surface area contributed by atoms with Crippen LogP contribution in [-0.4, -0.2) is 30.1 Å². The minimum Gasteiger partial charge on any atom is -0.469 e. The number of carbonyl (C=O) groups excluding carboxylic acids is 2. The number of ether oxygens (including phenoxy) is 1. The molecule has 4 heteroatoms. The first-order valence-electron chi connectivity index (χ1n) is 6.70. The second kappa shape index (κ2) is 11.7. The number of unbranched alkanes of at least 4 members (excludes halogenated alkanes) is 3. The predicted molar refractivity (Wildman–Crippen MR) is 74.7 cm³/mol. The SMILES string of the molecule is CCCCC/C=C/C=C/C(O)CC(=O)CC(=O)OC. The van der Waals surface area contributed by atoms with Gasteiger partial charge in [0.15, 0.2) is 0 Å². The van der Waals surface area contributed by atoms with Crippen molar-refractivity contribution in [3.05, 3.63) is 24.3 Å². The molecule has 19 heavy (non-hydrogen) atoms. The highest BCUT2D eigenvalue weighted by Crippen LogP contribution is 2.02. The van der Waals surface area contributed by atoms with Crippen molar-refractivity contribution in [3.8, 4) is 0 Å². The molecule has 0 aromatic carbocycles. The van der Waals surface area contributed by atoms with Crippen LogP contribution in [0.15, 0.2) is 24.3 Å². The number of hydrogen-bond acceptors (Lipinski definition) is 4. The lowest BCUT2D eigenvalue weighted by atomic mass is 10.1. The zero-order valence-electron chi connectivity index (χ0n) is 11.8. The van der Waals surface area contributed by atoms with Gasteiger partial charge in [-0.05, 0) is 12.8 Å². The van der Waals surface area contributed by atoms with Gasteiger partial charge in [0.1, 0.15) is 12.2 Å². The van der Waals surface area contributed by atoms with Crippen LogP contribution in [0, 0.1) is 0 Å². The number of ketones is 1. The molecule has 0 saturated carbocycles. The quantitative estimate of drug-likeness (QED) is 0.286. The number of carbonyl (C=O) groups is 2. The van der Waals surface area contributed by atoms with E-state index in [0.29, 0.717) is 0 Å². The number of aliphatic hydroxyl groups excluding tert-OH is 1. The molecule has 108 valence electrons. The molecule has 0 saturated heterocycles. The maximum Gasteiger partial charge on any atom is 0.313 e. The fraction of sp³-hybridized carbons (Fsp3) is 0.600. The lowest BCUT2D eigenvalue weighted by molar-refractivity contribution is -0.143. The molecule has 0 heterocycles. The van der Waals surface area contributed by atoms with Gasteiger partial charge in [-0.15, -0.1) is 0 Å². The number of aliphatic hydroxyl groups is 1. The summed E-state index contributed by atoms with van der Waals surface area (Å²) in [6, 6.07) is 0. The molecule has 0 spiro atoms. The summed E-state index contributed by atoms with van der Waals surface area (Å²) >= 11 is 0.